The summed E-state index contributed by atoms with van der Waals surface area (Å²) in [4.78, 5) is 10.6. The van der Waals surface area contributed by atoms with E-state index < -0.39 is 0 Å². The Hall–Kier alpha value is -3.28. The third-order valence-electron chi connectivity index (χ3n) is 7.71. The third-order valence-corrected chi connectivity index (χ3v) is 8.72. The Morgan fingerprint density at radius 3 is 2.40 bits per heavy atom. The van der Waals surface area contributed by atoms with Gasteiger partial charge in [0.15, 0.2) is 0 Å². The van der Waals surface area contributed by atoms with Crippen LogP contribution in [-0.2, 0) is 0 Å². The fourth-order valence-corrected chi connectivity index (χ4v) is 6.28. The molecule has 4 nitrogen and oxygen atoms in total. The molecule has 0 bridgehead atoms. The van der Waals surface area contributed by atoms with Gasteiger partial charge in [-0.15, -0.1) is 11.3 Å². The molecular weight excluding hydrogens is 508 g/mol. The van der Waals surface area contributed by atoms with Gasteiger partial charge in [0.05, 0.1) is 22.0 Å². The molecule has 1 fully saturated rings. The van der Waals surface area contributed by atoms with E-state index in [4.69, 9.17) is 4.98 Å². The largest absolute Gasteiger partial charge is 0.353 e. The van der Waals surface area contributed by atoms with Gasteiger partial charge in [0.25, 0.3) is 0 Å². The molecule has 0 amide bonds. The van der Waals surface area contributed by atoms with E-state index in [-0.39, 0.29) is 5.41 Å². The summed E-state index contributed by atoms with van der Waals surface area (Å²) in [5, 5.41) is 13.9. The Morgan fingerprint density at radius 2 is 1.80 bits per heavy atom. The van der Waals surface area contributed by atoms with Gasteiger partial charge < -0.3 is 10.3 Å². The topological polar surface area (TPSA) is 64.6 Å². The molecule has 210 valence electrons. The minimum Gasteiger partial charge on any atom is -0.353 e. The molecule has 4 heterocycles. The lowest BCUT2D eigenvalue weighted by molar-refractivity contribution is 0.374. The number of rotatable bonds is 9. The second-order valence-electron chi connectivity index (χ2n) is 11.7. The van der Waals surface area contributed by atoms with Crippen molar-refractivity contribution in [3.8, 4) is 10.6 Å². The van der Waals surface area contributed by atoms with Crippen molar-refractivity contribution < 1.29 is 0 Å². The summed E-state index contributed by atoms with van der Waals surface area (Å²) >= 11 is 1.75. The molecule has 0 aliphatic carbocycles. The van der Waals surface area contributed by atoms with Crippen molar-refractivity contribution >= 4 is 28.0 Å². The molecule has 5 heteroatoms. The lowest BCUT2D eigenvalue weighted by Gasteiger charge is -2.25. The summed E-state index contributed by atoms with van der Waals surface area (Å²) in [5.74, 6) is 0.700. The summed E-state index contributed by atoms with van der Waals surface area (Å²) in [6.45, 7) is 19.2. The second-order valence-corrected chi connectivity index (χ2v) is 13.0. The van der Waals surface area contributed by atoms with Crippen LogP contribution in [0, 0.1) is 23.7 Å². The van der Waals surface area contributed by atoms with Crippen LogP contribution in [0.15, 0.2) is 89.7 Å². The van der Waals surface area contributed by atoms with Crippen LogP contribution in [0.2, 0.25) is 0 Å². The number of piperidine rings is 1. The van der Waals surface area contributed by atoms with E-state index in [9.17, 15) is 5.41 Å². The highest BCUT2D eigenvalue weighted by Crippen LogP contribution is 2.35. The van der Waals surface area contributed by atoms with Gasteiger partial charge in [-0.25, -0.2) is 0 Å². The molecular formula is C35H44N4S. The summed E-state index contributed by atoms with van der Waals surface area (Å²) in [5.41, 5.74) is 7.60. The highest BCUT2D eigenvalue weighted by atomic mass is 32.1. The average Bonchev–Trinajstić information content (AvgIpc) is 3.58. The Bertz CT molecular complexity index is 1490. The first-order valence-corrected chi connectivity index (χ1v) is 15.2. The van der Waals surface area contributed by atoms with Crippen LogP contribution in [-0.4, -0.2) is 28.8 Å². The fourth-order valence-electron chi connectivity index (χ4n) is 5.40. The van der Waals surface area contributed by atoms with Crippen LogP contribution >= 0.6 is 11.3 Å². The number of aromatic nitrogens is 2. The zero-order chi connectivity index (χ0) is 28.9. The molecule has 0 radical (unpaired) electrons. The van der Waals surface area contributed by atoms with Gasteiger partial charge in [-0.2, -0.15) is 0 Å². The first-order valence-electron chi connectivity index (χ1n) is 14.4. The lowest BCUT2D eigenvalue weighted by Crippen LogP contribution is -2.27. The maximum absolute atomic E-state index is 9.37. The number of aromatic amines is 1. The molecule has 40 heavy (non-hydrogen) atoms. The van der Waals surface area contributed by atoms with Crippen molar-refractivity contribution in [3.63, 3.8) is 0 Å². The van der Waals surface area contributed by atoms with Gasteiger partial charge in [-0.3, -0.25) is 10.4 Å². The molecule has 3 aromatic heterocycles. The van der Waals surface area contributed by atoms with Crippen molar-refractivity contribution in [1.29, 1.82) is 5.41 Å². The molecule has 3 aromatic rings. The molecule has 4 rings (SSSR count). The van der Waals surface area contributed by atoms with E-state index in [1.54, 1.807) is 11.3 Å². The van der Waals surface area contributed by atoms with E-state index >= 15 is 0 Å². The SMILES string of the molecule is C=C\C(=C/C(=C\C)C(=C/C)/C=C(/C(=N)c1cc2c(-c3ccc(C)s3)nccc2[nH]1)C(C)(C)C)CC1CCNCC1. The molecule has 0 saturated carbocycles. The quantitative estimate of drug-likeness (QED) is 0.183. The molecule has 1 saturated heterocycles. The first kappa shape index (κ1) is 29.7. The fraction of sp³-hybridized carbons (Fsp3) is 0.371. The number of H-pyrrole nitrogens is 1. The summed E-state index contributed by atoms with van der Waals surface area (Å²) in [6.07, 6.45) is 16.2. The number of aryl methyl sites for hydroxylation is 1. The molecule has 0 atom stereocenters. The van der Waals surface area contributed by atoms with Crippen molar-refractivity contribution in [2.24, 2.45) is 11.3 Å². The monoisotopic (exact) mass is 552 g/mol. The minimum absolute atomic E-state index is 0.229. The highest BCUT2D eigenvalue weighted by Gasteiger charge is 2.25. The number of nitrogens with zero attached hydrogens (tertiary/aromatic N) is 1. The van der Waals surface area contributed by atoms with Gasteiger partial charge in [0, 0.05) is 22.0 Å². The standard InChI is InChI=1S/C35H44N4S/c1-8-24(19-25-13-16-37-17-14-25)20-26(9-2)27(10-3)21-29(35(5,6)7)33(36)31-22-28-30(39-31)15-18-38-34(28)32-12-11-23(4)40-32/h8-12,15,18,20-22,25,36-37,39H,1,13-14,16-17,19H2,2-7H3/b24-20+,26-9+,27-10+,29-21-,36-33?. The van der Waals surface area contributed by atoms with Gasteiger partial charge in [0.1, 0.15) is 0 Å². The van der Waals surface area contributed by atoms with Crippen LogP contribution < -0.4 is 5.32 Å². The van der Waals surface area contributed by atoms with Gasteiger partial charge in [-0.05, 0) is 117 Å². The van der Waals surface area contributed by atoms with E-state index in [2.05, 4.69) is 101 Å². The van der Waals surface area contributed by atoms with E-state index in [0.717, 1.165) is 63.4 Å². The average molecular weight is 553 g/mol. The zero-order valence-electron chi connectivity index (χ0n) is 24.9. The number of nitrogens with one attached hydrogen (secondary N) is 3. The van der Waals surface area contributed by atoms with E-state index in [1.165, 1.54) is 23.3 Å². The third kappa shape index (κ3) is 6.89. The molecule has 0 aromatic carbocycles. The number of allylic oxidation sites excluding steroid dienone is 9. The van der Waals surface area contributed by atoms with Crippen LogP contribution in [0.3, 0.4) is 0 Å². The smallest absolute Gasteiger partial charge is 0.0895 e. The van der Waals surface area contributed by atoms with Crippen molar-refractivity contribution in [2.75, 3.05) is 13.1 Å². The highest BCUT2D eigenvalue weighted by molar-refractivity contribution is 7.15. The molecule has 0 spiro atoms. The van der Waals surface area contributed by atoms with Gasteiger partial charge in [0.2, 0.25) is 0 Å². The Kier molecular flexibility index (Phi) is 9.60. The molecule has 1 aliphatic heterocycles. The van der Waals surface area contributed by atoms with Crippen LogP contribution in [0.25, 0.3) is 21.5 Å². The lowest BCUT2D eigenvalue weighted by atomic mass is 9.80. The zero-order valence-corrected chi connectivity index (χ0v) is 25.8. The molecule has 1 aliphatic rings. The molecule has 3 N–H and O–H groups in total. The predicted molar refractivity (Wildman–Crippen MR) is 175 cm³/mol. The minimum atomic E-state index is -0.229. The van der Waals surface area contributed by atoms with Crippen molar-refractivity contribution in [2.45, 2.75) is 60.8 Å². The maximum Gasteiger partial charge on any atom is 0.0895 e. The van der Waals surface area contributed by atoms with Crippen LogP contribution in [0.5, 0.6) is 0 Å². The summed E-state index contributed by atoms with van der Waals surface area (Å²) in [6, 6.07) is 8.35. The van der Waals surface area contributed by atoms with E-state index in [1.807, 2.05) is 18.3 Å². The Morgan fingerprint density at radius 1 is 1.10 bits per heavy atom. The number of fused-ring (bicyclic) bond motifs is 1. The first-order chi connectivity index (χ1) is 19.1. The Labute approximate surface area is 244 Å². The second kappa shape index (κ2) is 12.9. The predicted octanol–water partition coefficient (Wildman–Crippen LogP) is 9.33. The van der Waals surface area contributed by atoms with Crippen molar-refractivity contribution in [3.05, 3.63) is 100 Å². The number of thiophene rings is 1. The maximum atomic E-state index is 9.37. The van der Waals surface area contributed by atoms with Gasteiger partial charge in [-0.1, -0.05) is 51.7 Å². The normalized spacial score (nSPS) is 16.6. The molecule has 0 unspecified atom stereocenters. The Balaban J connectivity index is 1.69. The number of pyridine rings is 1. The number of hydrogen-bond donors (Lipinski definition) is 3. The summed E-state index contributed by atoms with van der Waals surface area (Å²) in [7, 11) is 0. The van der Waals surface area contributed by atoms with Gasteiger partial charge >= 0.3 is 0 Å². The van der Waals surface area contributed by atoms with E-state index in [0.29, 0.717) is 11.6 Å². The van der Waals surface area contributed by atoms with Crippen LogP contribution in [0.1, 0.15) is 64.5 Å². The van der Waals surface area contributed by atoms with Crippen molar-refractivity contribution in [1.82, 2.24) is 15.3 Å². The summed E-state index contributed by atoms with van der Waals surface area (Å²) < 4.78 is 0. The number of hydrogen-bond acceptors (Lipinski definition) is 4. The van der Waals surface area contributed by atoms with Crippen LogP contribution in [0.4, 0.5) is 0 Å².